The Hall–Kier alpha value is -1.22. The van der Waals surface area contributed by atoms with Crippen LogP contribution >= 0.6 is 0 Å². The molecule has 3 heteroatoms. The van der Waals surface area contributed by atoms with Gasteiger partial charge < -0.3 is 14.8 Å². The van der Waals surface area contributed by atoms with Crippen LogP contribution in [0.5, 0.6) is 11.5 Å². The lowest BCUT2D eigenvalue weighted by Gasteiger charge is -2.17. The van der Waals surface area contributed by atoms with E-state index in [1.54, 1.807) is 14.2 Å². The molecule has 1 heterocycles. The van der Waals surface area contributed by atoms with Crippen LogP contribution in [0.4, 0.5) is 0 Å². The van der Waals surface area contributed by atoms with E-state index in [1.807, 2.05) is 0 Å². The molecule has 0 amide bonds. The molecule has 94 valence electrons. The number of rotatable bonds is 3. The average Bonchev–Trinajstić information content (AvgIpc) is 2.75. The lowest BCUT2D eigenvalue weighted by atomic mass is 9.97. The van der Waals surface area contributed by atoms with Crippen molar-refractivity contribution in [2.45, 2.75) is 26.3 Å². The molecule has 1 N–H and O–H groups in total. The van der Waals surface area contributed by atoms with E-state index in [2.05, 4.69) is 31.3 Å². The third-order valence-corrected chi connectivity index (χ3v) is 3.50. The molecule has 3 nitrogen and oxygen atoms in total. The fourth-order valence-corrected chi connectivity index (χ4v) is 2.52. The predicted molar refractivity (Wildman–Crippen MR) is 68.8 cm³/mol. The summed E-state index contributed by atoms with van der Waals surface area (Å²) in [6, 6.07) is 4.60. The van der Waals surface area contributed by atoms with Gasteiger partial charge in [-0.05, 0) is 49.1 Å². The Labute approximate surface area is 103 Å². The van der Waals surface area contributed by atoms with Gasteiger partial charge in [0, 0.05) is 6.04 Å². The van der Waals surface area contributed by atoms with Crippen LogP contribution in [0.2, 0.25) is 0 Å². The Balaban J connectivity index is 2.34. The molecule has 0 unspecified atom stereocenters. The number of benzene rings is 1. The van der Waals surface area contributed by atoms with Crippen LogP contribution < -0.4 is 14.8 Å². The molecule has 17 heavy (non-hydrogen) atoms. The minimum atomic E-state index is 0.449. The quantitative estimate of drug-likeness (QED) is 0.873. The second-order valence-corrected chi connectivity index (χ2v) is 4.87. The Kier molecular flexibility index (Phi) is 3.57. The van der Waals surface area contributed by atoms with E-state index in [1.165, 1.54) is 17.5 Å². The highest BCUT2D eigenvalue weighted by molar-refractivity contribution is 5.48. The van der Waals surface area contributed by atoms with Gasteiger partial charge >= 0.3 is 0 Å². The van der Waals surface area contributed by atoms with E-state index >= 15 is 0 Å². The van der Waals surface area contributed by atoms with E-state index in [0.29, 0.717) is 6.04 Å². The van der Waals surface area contributed by atoms with Crippen molar-refractivity contribution in [3.8, 4) is 11.5 Å². The Morgan fingerprint density at radius 2 is 1.82 bits per heavy atom. The molecule has 2 atom stereocenters. The van der Waals surface area contributed by atoms with Gasteiger partial charge in [0.15, 0.2) is 11.5 Å². The summed E-state index contributed by atoms with van der Waals surface area (Å²) in [5.74, 6) is 2.36. The van der Waals surface area contributed by atoms with Crippen LogP contribution in [0.15, 0.2) is 12.1 Å². The van der Waals surface area contributed by atoms with Crippen LogP contribution in [0, 0.1) is 12.8 Å². The third-order valence-electron chi connectivity index (χ3n) is 3.50. The van der Waals surface area contributed by atoms with Crippen molar-refractivity contribution in [1.29, 1.82) is 0 Å². The molecule has 0 bridgehead atoms. The van der Waals surface area contributed by atoms with Crippen molar-refractivity contribution < 1.29 is 9.47 Å². The number of hydrogen-bond acceptors (Lipinski definition) is 3. The van der Waals surface area contributed by atoms with Gasteiger partial charge in [-0.15, -0.1) is 0 Å². The van der Waals surface area contributed by atoms with Crippen molar-refractivity contribution >= 4 is 0 Å². The van der Waals surface area contributed by atoms with Gasteiger partial charge in [-0.3, -0.25) is 0 Å². The minimum Gasteiger partial charge on any atom is -0.493 e. The second-order valence-electron chi connectivity index (χ2n) is 4.87. The van der Waals surface area contributed by atoms with Crippen LogP contribution in [0.3, 0.4) is 0 Å². The van der Waals surface area contributed by atoms with Crippen LogP contribution in [-0.4, -0.2) is 20.8 Å². The van der Waals surface area contributed by atoms with E-state index < -0.39 is 0 Å². The maximum atomic E-state index is 5.37. The number of methoxy groups -OCH3 is 2. The maximum Gasteiger partial charge on any atom is 0.161 e. The van der Waals surface area contributed by atoms with Gasteiger partial charge in [-0.2, -0.15) is 0 Å². The fourth-order valence-electron chi connectivity index (χ4n) is 2.52. The monoisotopic (exact) mass is 235 g/mol. The first-order valence-electron chi connectivity index (χ1n) is 6.11. The standard InChI is InChI=1S/C14H21NO2/c1-9-5-12(15-8-9)11-7-14(17-4)13(16-3)6-10(11)2/h6-7,9,12,15H,5,8H2,1-4H3/t9-,12-/m1/s1. The molecule has 1 saturated heterocycles. The zero-order valence-electron chi connectivity index (χ0n) is 11.0. The van der Waals surface area contributed by atoms with Crippen LogP contribution in [0.25, 0.3) is 0 Å². The van der Waals surface area contributed by atoms with Gasteiger partial charge in [0.2, 0.25) is 0 Å². The molecule has 0 aliphatic carbocycles. The first kappa shape index (κ1) is 12.2. The molecule has 1 aliphatic rings. The topological polar surface area (TPSA) is 30.5 Å². The molecule has 1 aromatic rings. The highest BCUT2D eigenvalue weighted by Crippen LogP contribution is 2.36. The summed E-state index contributed by atoms with van der Waals surface area (Å²) in [5, 5.41) is 3.56. The zero-order chi connectivity index (χ0) is 12.4. The number of aryl methyl sites for hydroxylation is 1. The zero-order valence-corrected chi connectivity index (χ0v) is 11.0. The second kappa shape index (κ2) is 4.96. The lowest BCUT2D eigenvalue weighted by molar-refractivity contribution is 0.353. The summed E-state index contributed by atoms with van der Waals surface area (Å²) in [6.07, 6.45) is 1.19. The van der Waals surface area contributed by atoms with Gasteiger partial charge in [0.05, 0.1) is 14.2 Å². The van der Waals surface area contributed by atoms with Crippen molar-refractivity contribution in [1.82, 2.24) is 5.32 Å². The van der Waals surface area contributed by atoms with Crippen LogP contribution in [-0.2, 0) is 0 Å². The molecule has 1 aromatic carbocycles. The third kappa shape index (κ3) is 2.39. The maximum absolute atomic E-state index is 5.37. The predicted octanol–water partition coefficient (Wildman–Crippen LogP) is 2.68. The Morgan fingerprint density at radius 1 is 1.18 bits per heavy atom. The summed E-state index contributed by atoms with van der Waals surface area (Å²) in [7, 11) is 3.36. The van der Waals surface area contributed by atoms with E-state index in [0.717, 1.165) is 24.0 Å². The van der Waals surface area contributed by atoms with Gasteiger partial charge in [0.25, 0.3) is 0 Å². The van der Waals surface area contributed by atoms with Crippen molar-refractivity contribution in [2.24, 2.45) is 5.92 Å². The smallest absolute Gasteiger partial charge is 0.161 e. The van der Waals surface area contributed by atoms with Crippen molar-refractivity contribution in [2.75, 3.05) is 20.8 Å². The molecular weight excluding hydrogens is 214 g/mol. The summed E-state index contributed by atoms with van der Waals surface area (Å²) in [6.45, 7) is 5.50. The van der Waals surface area contributed by atoms with Gasteiger partial charge in [-0.1, -0.05) is 6.92 Å². The van der Waals surface area contributed by atoms with Gasteiger partial charge in [0.1, 0.15) is 0 Å². The SMILES string of the molecule is COc1cc(C)c([C@H]2C[C@@H](C)CN2)cc1OC. The lowest BCUT2D eigenvalue weighted by Crippen LogP contribution is -2.14. The summed E-state index contributed by atoms with van der Waals surface area (Å²) < 4.78 is 10.7. The highest BCUT2D eigenvalue weighted by atomic mass is 16.5. The molecule has 0 aromatic heterocycles. The Bertz CT molecular complexity index is 403. The largest absolute Gasteiger partial charge is 0.493 e. The van der Waals surface area contributed by atoms with Crippen molar-refractivity contribution in [3.63, 3.8) is 0 Å². The molecule has 0 spiro atoms. The summed E-state index contributed by atoms with van der Waals surface area (Å²) in [5.41, 5.74) is 2.58. The fraction of sp³-hybridized carbons (Fsp3) is 0.571. The molecule has 1 fully saturated rings. The van der Waals surface area contributed by atoms with E-state index in [-0.39, 0.29) is 0 Å². The normalized spacial score (nSPS) is 23.8. The van der Waals surface area contributed by atoms with Crippen LogP contribution in [0.1, 0.15) is 30.5 Å². The number of nitrogens with one attached hydrogen (secondary N) is 1. The van der Waals surface area contributed by atoms with Gasteiger partial charge in [-0.25, -0.2) is 0 Å². The molecule has 0 radical (unpaired) electrons. The number of ether oxygens (including phenoxy) is 2. The van der Waals surface area contributed by atoms with E-state index in [9.17, 15) is 0 Å². The molecular formula is C14H21NO2. The summed E-state index contributed by atoms with van der Waals surface area (Å²) >= 11 is 0. The van der Waals surface area contributed by atoms with Crippen molar-refractivity contribution in [3.05, 3.63) is 23.3 Å². The molecule has 1 aliphatic heterocycles. The average molecular weight is 235 g/mol. The Morgan fingerprint density at radius 3 is 2.35 bits per heavy atom. The minimum absolute atomic E-state index is 0.449. The number of hydrogen-bond donors (Lipinski definition) is 1. The first-order chi connectivity index (χ1) is 8.15. The first-order valence-corrected chi connectivity index (χ1v) is 6.11. The molecule has 2 rings (SSSR count). The molecule has 0 saturated carbocycles. The highest BCUT2D eigenvalue weighted by Gasteiger charge is 2.24. The summed E-state index contributed by atoms with van der Waals surface area (Å²) in [4.78, 5) is 0. The van der Waals surface area contributed by atoms with E-state index in [4.69, 9.17) is 9.47 Å².